The van der Waals surface area contributed by atoms with Gasteiger partial charge in [0.15, 0.2) is 6.29 Å². The van der Waals surface area contributed by atoms with Gasteiger partial charge in [-0.1, -0.05) is 29.8 Å². The lowest BCUT2D eigenvalue weighted by molar-refractivity contribution is 0.112. The molecule has 4 rings (SSSR count). The highest BCUT2D eigenvalue weighted by molar-refractivity contribution is 6.33. The van der Waals surface area contributed by atoms with Crippen molar-refractivity contribution in [1.82, 2.24) is 9.97 Å². The number of fused-ring (bicyclic) bond motifs is 1. The van der Waals surface area contributed by atoms with Gasteiger partial charge in [-0.3, -0.25) is 9.78 Å². The molecule has 5 nitrogen and oxygen atoms in total. The Morgan fingerprint density at radius 3 is 2.79 bits per heavy atom. The smallest absolute Gasteiger partial charge is 0.151 e. The van der Waals surface area contributed by atoms with Crippen LogP contribution < -0.4 is 11.1 Å². The van der Waals surface area contributed by atoms with E-state index in [9.17, 15) is 4.79 Å². The first-order valence-electron chi connectivity index (χ1n) is 8.73. The predicted octanol–water partition coefficient (Wildman–Crippen LogP) is 4.96. The number of anilines is 2. The minimum Gasteiger partial charge on any atom is -0.396 e. The van der Waals surface area contributed by atoms with Crippen LogP contribution in [-0.2, 0) is 6.54 Å². The number of nitrogen functional groups attached to an aromatic ring is 1. The van der Waals surface area contributed by atoms with Crippen molar-refractivity contribution in [3.63, 3.8) is 0 Å². The fraction of sp³-hybridized carbons (Fsp3) is 0.0455. The number of rotatable bonds is 5. The number of carbonyl (C=O) groups is 1. The molecule has 0 unspecified atom stereocenters. The molecule has 0 radical (unpaired) electrons. The van der Waals surface area contributed by atoms with Crippen LogP contribution in [0.1, 0.15) is 15.9 Å². The number of nitrogens with two attached hydrogens (primary N) is 1. The van der Waals surface area contributed by atoms with Crippen LogP contribution in [0.5, 0.6) is 0 Å². The number of carbonyl (C=O) groups excluding carboxylic acids is 1. The SMILES string of the molecule is Nc1ccc(-c2ccc(C=O)c(Cl)c2)nc1NCc1ccc2ncccc2c1. The molecule has 0 bridgehead atoms. The summed E-state index contributed by atoms with van der Waals surface area (Å²) in [4.78, 5) is 19.9. The first kappa shape index (κ1) is 17.9. The average molecular weight is 389 g/mol. The zero-order chi connectivity index (χ0) is 19.5. The molecule has 0 amide bonds. The van der Waals surface area contributed by atoms with Crippen LogP contribution in [-0.4, -0.2) is 16.3 Å². The monoisotopic (exact) mass is 388 g/mol. The van der Waals surface area contributed by atoms with Gasteiger partial charge in [-0.2, -0.15) is 0 Å². The summed E-state index contributed by atoms with van der Waals surface area (Å²) in [6, 6.07) is 18.9. The number of halogens is 1. The number of hydrogen-bond donors (Lipinski definition) is 2. The summed E-state index contributed by atoms with van der Waals surface area (Å²) in [5, 5.41) is 4.77. The second-order valence-corrected chi connectivity index (χ2v) is 6.78. The van der Waals surface area contributed by atoms with Gasteiger partial charge in [-0.05, 0) is 48.0 Å². The highest BCUT2D eigenvalue weighted by Crippen LogP contribution is 2.27. The van der Waals surface area contributed by atoms with E-state index in [4.69, 9.17) is 17.3 Å². The molecule has 0 aliphatic rings. The third-order valence-electron chi connectivity index (χ3n) is 4.48. The van der Waals surface area contributed by atoms with Crippen molar-refractivity contribution in [3.05, 3.63) is 83.0 Å². The molecule has 0 saturated carbocycles. The second kappa shape index (κ2) is 7.66. The minimum atomic E-state index is 0.394. The maximum atomic E-state index is 10.9. The van der Waals surface area contributed by atoms with Gasteiger partial charge in [0.2, 0.25) is 0 Å². The zero-order valence-electron chi connectivity index (χ0n) is 14.9. The lowest BCUT2D eigenvalue weighted by Gasteiger charge is -2.11. The van der Waals surface area contributed by atoms with Crippen molar-refractivity contribution < 1.29 is 4.79 Å². The molecule has 0 aliphatic heterocycles. The largest absolute Gasteiger partial charge is 0.396 e. The number of nitrogens with one attached hydrogen (secondary N) is 1. The highest BCUT2D eigenvalue weighted by atomic mass is 35.5. The summed E-state index contributed by atoms with van der Waals surface area (Å²) in [5.41, 5.74) is 10.7. The van der Waals surface area contributed by atoms with Crippen LogP contribution in [0.4, 0.5) is 11.5 Å². The molecule has 138 valence electrons. The summed E-state index contributed by atoms with van der Waals surface area (Å²) >= 11 is 6.13. The molecule has 0 fully saturated rings. The van der Waals surface area contributed by atoms with Crippen LogP contribution in [0, 0.1) is 0 Å². The van der Waals surface area contributed by atoms with Gasteiger partial charge in [0.05, 0.1) is 21.9 Å². The van der Waals surface area contributed by atoms with Gasteiger partial charge in [0, 0.05) is 29.3 Å². The third-order valence-corrected chi connectivity index (χ3v) is 4.80. The van der Waals surface area contributed by atoms with Crippen molar-refractivity contribution in [2.24, 2.45) is 0 Å². The maximum absolute atomic E-state index is 10.9. The summed E-state index contributed by atoms with van der Waals surface area (Å²) in [7, 11) is 0. The lowest BCUT2D eigenvalue weighted by atomic mass is 10.1. The second-order valence-electron chi connectivity index (χ2n) is 6.37. The van der Waals surface area contributed by atoms with Crippen molar-refractivity contribution in [2.75, 3.05) is 11.1 Å². The Labute approximate surface area is 167 Å². The molecule has 28 heavy (non-hydrogen) atoms. The number of aldehydes is 1. The molecule has 0 spiro atoms. The van der Waals surface area contributed by atoms with E-state index < -0.39 is 0 Å². The summed E-state index contributed by atoms with van der Waals surface area (Å²) < 4.78 is 0. The van der Waals surface area contributed by atoms with Crippen LogP contribution in [0.15, 0.2) is 66.9 Å². The minimum absolute atomic E-state index is 0.394. The van der Waals surface area contributed by atoms with Gasteiger partial charge < -0.3 is 11.1 Å². The van der Waals surface area contributed by atoms with E-state index in [1.54, 1.807) is 24.4 Å². The Balaban J connectivity index is 1.58. The first-order valence-corrected chi connectivity index (χ1v) is 9.11. The van der Waals surface area contributed by atoms with Gasteiger partial charge in [0.25, 0.3) is 0 Å². The molecule has 2 aromatic carbocycles. The Morgan fingerprint density at radius 2 is 1.96 bits per heavy atom. The standard InChI is InChI=1S/C22H17ClN4O/c23-18-11-16(4-5-17(18)13-28)21-8-6-19(24)22(27-21)26-12-14-3-7-20-15(10-14)2-1-9-25-20/h1-11,13H,12,24H2,(H,26,27). The van der Waals surface area contributed by atoms with Crippen LogP contribution >= 0.6 is 11.6 Å². The van der Waals surface area contributed by atoms with E-state index in [1.807, 2.05) is 36.4 Å². The van der Waals surface area contributed by atoms with Crippen LogP contribution in [0.2, 0.25) is 5.02 Å². The number of pyridine rings is 2. The zero-order valence-corrected chi connectivity index (χ0v) is 15.6. The Morgan fingerprint density at radius 1 is 1.07 bits per heavy atom. The molecule has 3 N–H and O–H groups in total. The van der Waals surface area contributed by atoms with E-state index in [0.717, 1.165) is 34.0 Å². The molecule has 6 heteroatoms. The molecule has 2 heterocycles. The topological polar surface area (TPSA) is 80.9 Å². The van der Waals surface area contributed by atoms with Crippen molar-refractivity contribution in [2.45, 2.75) is 6.54 Å². The van der Waals surface area contributed by atoms with E-state index in [0.29, 0.717) is 28.6 Å². The highest BCUT2D eigenvalue weighted by Gasteiger charge is 2.08. The quantitative estimate of drug-likeness (QED) is 0.472. The normalized spacial score (nSPS) is 10.8. The van der Waals surface area contributed by atoms with Crippen LogP contribution in [0.25, 0.3) is 22.2 Å². The molecule has 0 aliphatic carbocycles. The van der Waals surface area contributed by atoms with E-state index in [2.05, 4.69) is 21.4 Å². The van der Waals surface area contributed by atoms with E-state index in [1.165, 1.54) is 0 Å². The number of benzene rings is 2. The molecule has 4 aromatic rings. The molecular weight excluding hydrogens is 372 g/mol. The average Bonchev–Trinajstić information content (AvgIpc) is 2.73. The Kier molecular flexibility index (Phi) is 4.91. The van der Waals surface area contributed by atoms with E-state index in [-0.39, 0.29) is 0 Å². The Hall–Kier alpha value is -3.44. The molecule has 2 aromatic heterocycles. The summed E-state index contributed by atoms with van der Waals surface area (Å²) in [6.07, 6.45) is 2.51. The van der Waals surface area contributed by atoms with Crippen molar-refractivity contribution in [1.29, 1.82) is 0 Å². The number of hydrogen-bond acceptors (Lipinski definition) is 5. The maximum Gasteiger partial charge on any atom is 0.151 e. The molecule has 0 saturated heterocycles. The fourth-order valence-electron chi connectivity index (χ4n) is 2.98. The van der Waals surface area contributed by atoms with Crippen LogP contribution in [0.3, 0.4) is 0 Å². The van der Waals surface area contributed by atoms with E-state index >= 15 is 0 Å². The third kappa shape index (κ3) is 3.66. The fourth-order valence-corrected chi connectivity index (χ4v) is 3.20. The van der Waals surface area contributed by atoms with Gasteiger partial charge >= 0.3 is 0 Å². The van der Waals surface area contributed by atoms with Gasteiger partial charge in [-0.25, -0.2) is 4.98 Å². The van der Waals surface area contributed by atoms with Gasteiger partial charge in [0.1, 0.15) is 5.82 Å². The predicted molar refractivity (Wildman–Crippen MR) is 114 cm³/mol. The Bertz CT molecular complexity index is 1180. The van der Waals surface area contributed by atoms with Gasteiger partial charge in [-0.15, -0.1) is 0 Å². The molecule has 0 atom stereocenters. The van der Waals surface area contributed by atoms with Crippen molar-refractivity contribution >= 4 is 40.3 Å². The first-order chi connectivity index (χ1) is 13.6. The summed E-state index contributed by atoms with van der Waals surface area (Å²) in [6.45, 7) is 0.580. The number of aromatic nitrogens is 2. The van der Waals surface area contributed by atoms with Crippen molar-refractivity contribution in [3.8, 4) is 11.3 Å². The summed E-state index contributed by atoms with van der Waals surface area (Å²) in [5.74, 6) is 0.597. The molecular formula is C22H17ClN4O. The number of nitrogens with zero attached hydrogens (tertiary/aromatic N) is 2. The lowest BCUT2D eigenvalue weighted by Crippen LogP contribution is -2.05.